The molecule has 0 bridgehead atoms. The maximum Gasteiger partial charge on any atom is 0.300 e. The van der Waals surface area contributed by atoms with Crippen LogP contribution in [0.2, 0.25) is 0 Å². The first kappa shape index (κ1) is 25.2. The van der Waals surface area contributed by atoms with E-state index in [1.807, 2.05) is 0 Å². The zero-order chi connectivity index (χ0) is 3.58. The van der Waals surface area contributed by atoms with Crippen molar-refractivity contribution in [1.29, 1.82) is 0 Å². The van der Waals surface area contributed by atoms with Gasteiger partial charge >= 0.3 is 0 Å². The maximum atomic E-state index is 9.00. The quantitative estimate of drug-likeness (QED) is 0.639. The summed E-state index contributed by atoms with van der Waals surface area (Å²) in [6.45, 7) is 1.08. The third kappa shape index (κ3) is 294. The summed E-state index contributed by atoms with van der Waals surface area (Å²) in [7, 11) is 0. The first-order valence-corrected chi connectivity index (χ1v) is 0.928. The van der Waals surface area contributed by atoms with Crippen LogP contribution >= 0.6 is 24.8 Å². The molecule has 0 amide bonds. The molecule has 0 radical (unpaired) electrons. The molecule has 5 heteroatoms. The molecule has 0 saturated carbocycles. The van der Waals surface area contributed by atoms with Crippen molar-refractivity contribution in [3.63, 3.8) is 0 Å². The van der Waals surface area contributed by atoms with Crippen molar-refractivity contribution in [2.24, 2.45) is 0 Å². The average Bonchev–Trinajstić information content (AvgIpc) is 0.811. The Hall–Kier alpha value is 0.712. The minimum absolute atomic E-state index is 0. The molecule has 2 nitrogen and oxygen atoms in total. The Morgan fingerprint density at radius 3 is 1.43 bits per heavy atom. The standard InChI is InChI=1S/C2H4O2.2ClH.Pd/c1-2(3)4;;;/h1H3,(H,3,4);2*1H;. The number of halogens is 2. The van der Waals surface area contributed by atoms with Crippen molar-refractivity contribution in [2.75, 3.05) is 0 Å². The molecule has 0 aromatic rings. The van der Waals surface area contributed by atoms with Crippen molar-refractivity contribution in [3.05, 3.63) is 0 Å². The molecular formula is C2H6Cl2O2Pd. The Morgan fingerprint density at radius 2 is 1.43 bits per heavy atom. The molecule has 0 unspecified atom stereocenters. The Morgan fingerprint density at radius 1 is 1.43 bits per heavy atom. The summed E-state index contributed by atoms with van der Waals surface area (Å²) in [6.07, 6.45) is 0. The van der Waals surface area contributed by atoms with Gasteiger partial charge < -0.3 is 5.11 Å². The number of hydrogen-bond donors (Lipinski definition) is 1. The molecule has 0 aliphatic rings. The van der Waals surface area contributed by atoms with Crippen LogP contribution in [-0.2, 0) is 25.2 Å². The third-order valence-electron chi connectivity index (χ3n) is 0. The van der Waals surface area contributed by atoms with Crippen LogP contribution in [0.15, 0.2) is 0 Å². The van der Waals surface area contributed by atoms with E-state index < -0.39 is 5.97 Å². The number of aliphatic carboxylic acids is 1. The van der Waals surface area contributed by atoms with Gasteiger partial charge in [0.25, 0.3) is 5.97 Å². The molecular weight excluding hydrogens is 233 g/mol. The summed E-state index contributed by atoms with van der Waals surface area (Å²) in [4.78, 5) is 9.00. The van der Waals surface area contributed by atoms with E-state index in [1.165, 1.54) is 0 Å². The van der Waals surface area contributed by atoms with E-state index in [9.17, 15) is 0 Å². The smallest absolute Gasteiger partial charge is 0.300 e. The molecule has 0 aliphatic carbocycles. The number of carbonyl (C=O) groups is 1. The molecule has 0 spiro atoms. The monoisotopic (exact) mass is 238 g/mol. The van der Waals surface area contributed by atoms with Gasteiger partial charge in [0.1, 0.15) is 0 Å². The van der Waals surface area contributed by atoms with Gasteiger partial charge in [-0.25, -0.2) is 0 Å². The van der Waals surface area contributed by atoms with Gasteiger partial charge in [0, 0.05) is 27.3 Å². The fourth-order valence-corrected chi connectivity index (χ4v) is 0. The van der Waals surface area contributed by atoms with Gasteiger partial charge in [0.2, 0.25) is 0 Å². The fourth-order valence-electron chi connectivity index (χ4n) is 0. The largest absolute Gasteiger partial charge is 0.481 e. The normalized spacial score (nSPS) is 3.57. The van der Waals surface area contributed by atoms with Crippen LogP contribution in [0.5, 0.6) is 0 Å². The summed E-state index contributed by atoms with van der Waals surface area (Å²) in [5.41, 5.74) is 0. The van der Waals surface area contributed by atoms with Crippen LogP contribution in [0.4, 0.5) is 0 Å². The molecule has 0 rings (SSSR count). The molecule has 0 aromatic heterocycles. The Balaban J connectivity index is -0.0000000150. The Bertz CT molecular complexity index is 36.7. The summed E-state index contributed by atoms with van der Waals surface area (Å²) in [5, 5.41) is 7.42. The van der Waals surface area contributed by atoms with Crippen LogP contribution in [0.3, 0.4) is 0 Å². The van der Waals surface area contributed by atoms with E-state index in [0.29, 0.717) is 0 Å². The van der Waals surface area contributed by atoms with Crippen LogP contribution in [0.25, 0.3) is 0 Å². The molecule has 7 heavy (non-hydrogen) atoms. The van der Waals surface area contributed by atoms with Crippen LogP contribution in [-0.4, -0.2) is 11.1 Å². The van der Waals surface area contributed by atoms with Crippen molar-refractivity contribution >= 4 is 30.8 Å². The van der Waals surface area contributed by atoms with Crippen LogP contribution in [0.1, 0.15) is 6.92 Å². The minimum atomic E-state index is -0.833. The Kier molecular flexibility index (Phi) is 57.2. The second-order valence-electron chi connectivity index (χ2n) is 0.519. The number of carboxylic acids is 1. The fraction of sp³-hybridized carbons (Fsp3) is 0.500. The van der Waals surface area contributed by atoms with E-state index in [2.05, 4.69) is 0 Å². The summed E-state index contributed by atoms with van der Waals surface area (Å²) >= 11 is 0. The second kappa shape index (κ2) is 15.9. The number of hydrogen-bond acceptors (Lipinski definition) is 1. The predicted molar refractivity (Wildman–Crippen MR) is 27.8 cm³/mol. The van der Waals surface area contributed by atoms with E-state index in [1.54, 1.807) is 0 Å². The molecule has 0 heterocycles. The number of rotatable bonds is 0. The molecule has 0 atom stereocenters. The first-order valence-electron chi connectivity index (χ1n) is 0.928. The third-order valence-corrected chi connectivity index (χ3v) is 0. The molecule has 0 fully saturated rings. The van der Waals surface area contributed by atoms with E-state index in [0.717, 1.165) is 6.92 Å². The van der Waals surface area contributed by atoms with Crippen LogP contribution < -0.4 is 0 Å². The minimum Gasteiger partial charge on any atom is -0.481 e. The predicted octanol–water partition coefficient (Wildman–Crippen LogP) is 0.932. The van der Waals surface area contributed by atoms with Gasteiger partial charge in [0.05, 0.1) is 0 Å². The van der Waals surface area contributed by atoms with Gasteiger partial charge in [-0.05, 0) is 0 Å². The van der Waals surface area contributed by atoms with Gasteiger partial charge in [0.15, 0.2) is 0 Å². The van der Waals surface area contributed by atoms with Crippen molar-refractivity contribution < 1.29 is 30.3 Å². The molecule has 50 valence electrons. The zero-order valence-electron chi connectivity index (χ0n) is 3.49. The van der Waals surface area contributed by atoms with Gasteiger partial charge in [-0.15, -0.1) is 24.8 Å². The molecule has 0 aromatic carbocycles. The topological polar surface area (TPSA) is 37.3 Å². The summed E-state index contributed by atoms with van der Waals surface area (Å²) < 4.78 is 0. The molecule has 0 saturated heterocycles. The molecule has 0 aliphatic heterocycles. The SMILES string of the molecule is CC(=O)O.Cl.Cl.[Pd]. The van der Waals surface area contributed by atoms with Crippen LogP contribution in [0, 0.1) is 0 Å². The van der Waals surface area contributed by atoms with Gasteiger partial charge in [-0.2, -0.15) is 0 Å². The Labute approximate surface area is 68.1 Å². The van der Waals surface area contributed by atoms with Gasteiger partial charge in [-0.1, -0.05) is 0 Å². The van der Waals surface area contributed by atoms with E-state index >= 15 is 0 Å². The van der Waals surface area contributed by atoms with Crippen molar-refractivity contribution in [3.8, 4) is 0 Å². The first-order chi connectivity index (χ1) is 1.73. The van der Waals surface area contributed by atoms with Gasteiger partial charge in [-0.3, -0.25) is 4.79 Å². The molecule has 1 N–H and O–H groups in total. The summed E-state index contributed by atoms with van der Waals surface area (Å²) in [5.74, 6) is -0.833. The second-order valence-corrected chi connectivity index (χ2v) is 0.519. The number of carboxylic acid groups (broad SMARTS) is 1. The van der Waals surface area contributed by atoms with E-state index in [-0.39, 0.29) is 45.2 Å². The van der Waals surface area contributed by atoms with Crippen molar-refractivity contribution in [2.45, 2.75) is 6.92 Å². The van der Waals surface area contributed by atoms with E-state index in [4.69, 9.17) is 9.90 Å². The maximum absolute atomic E-state index is 9.00. The summed E-state index contributed by atoms with van der Waals surface area (Å²) in [6, 6.07) is 0. The zero-order valence-corrected chi connectivity index (χ0v) is 6.68. The average molecular weight is 239 g/mol. The van der Waals surface area contributed by atoms with Crippen molar-refractivity contribution in [1.82, 2.24) is 0 Å².